The normalized spacial score (nSPS) is 15.5. The summed E-state index contributed by atoms with van der Waals surface area (Å²) in [5.41, 5.74) is 3.30. The summed E-state index contributed by atoms with van der Waals surface area (Å²) in [6, 6.07) is 8.90. The molecule has 0 bridgehead atoms. The standard InChI is InChI=1S/C17H23N3O/c1-13-11-20(16-8-3-4-9-16)17(18-13)19-15-7-5-6-14(10-15)12-21-2/h5-7,10-11,16H,3-4,8-9,12H2,1-2H3,(H,18,19). The molecule has 3 rings (SSSR count). The minimum atomic E-state index is 0.593. The van der Waals surface area contributed by atoms with Crippen molar-refractivity contribution in [3.05, 3.63) is 41.7 Å². The molecule has 1 aliphatic rings. The fourth-order valence-electron chi connectivity index (χ4n) is 3.10. The number of ether oxygens (including phenoxy) is 1. The molecule has 0 aliphatic heterocycles. The van der Waals surface area contributed by atoms with Crippen LogP contribution in [0.25, 0.3) is 0 Å². The summed E-state index contributed by atoms with van der Waals surface area (Å²) in [6.07, 6.45) is 7.33. The van der Waals surface area contributed by atoms with Gasteiger partial charge in [-0.05, 0) is 37.5 Å². The number of hydrogen-bond donors (Lipinski definition) is 1. The summed E-state index contributed by atoms with van der Waals surface area (Å²) in [7, 11) is 1.72. The highest BCUT2D eigenvalue weighted by Gasteiger charge is 2.20. The molecule has 1 aliphatic carbocycles. The van der Waals surface area contributed by atoms with Crippen molar-refractivity contribution < 1.29 is 4.74 Å². The Morgan fingerprint density at radius 3 is 2.90 bits per heavy atom. The third kappa shape index (κ3) is 3.27. The Morgan fingerprint density at radius 2 is 2.14 bits per heavy atom. The summed E-state index contributed by atoms with van der Waals surface area (Å²) in [5, 5.41) is 3.47. The van der Waals surface area contributed by atoms with Crippen LogP contribution in [-0.2, 0) is 11.3 Å². The molecule has 0 atom stereocenters. The first-order valence-corrected chi connectivity index (χ1v) is 7.66. The van der Waals surface area contributed by atoms with Crippen molar-refractivity contribution in [3.8, 4) is 0 Å². The number of methoxy groups -OCH3 is 1. The molecule has 1 aromatic heterocycles. The van der Waals surface area contributed by atoms with Gasteiger partial charge in [0.25, 0.3) is 0 Å². The monoisotopic (exact) mass is 285 g/mol. The molecule has 1 heterocycles. The summed E-state index contributed by atoms with van der Waals surface area (Å²) < 4.78 is 7.50. The molecule has 4 nitrogen and oxygen atoms in total. The predicted octanol–water partition coefficient (Wildman–Crippen LogP) is 4.20. The van der Waals surface area contributed by atoms with Gasteiger partial charge in [0.05, 0.1) is 12.3 Å². The Balaban J connectivity index is 1.82. The fraction of sp³-hybridized carbons (Fsp3) is 0.471. The minimum Gasteiger partial charge on any atom is -0.380 e. The number of benzene rings is 1. The highest BCUT2D eigenvalue weighted by atomic mass is 16.5. The lowest BCUT2D eigenvalue weighted by molar-refractivity contribution is 0.185. The Kier molecular flexibility index (Phi) is 4.25. The molecular weight excluding hydrogens is 262 g/mol. The summed E-state index contributed by atoms with van der Waals surface area (Å²) >= 11 is 0. The molecule has 0 radical (unpaired) electrons. The smallest absolute Gasteiger partial charge is 0.207 e. The summed E-state index contributed by atoms with van der Waals surface area (Å²) in [5.74, 6) is 0.953. The molecule has 1 aromatic carbocycles. The maximum absolute atomic E-state index is 5.19. The van der Waals surface area contributed by atoms with Crippen LogP contribution in [-0.4, -0.2) is 16.7 Å². The SMILES string of the molecule is COCc1cccc(Nc2nc(C)cn2C2CCCC2)c1. The molecule has 4 heteroatoms. The molecule has 1 N–H and O–H groups in total. The quantitative estimate of drug-likeness (QED) is 0.895. The Labute approximate surface area is 126 Å². The van der Waals surface area contributed by atoms with E-state index in [1.165, 1.54) is 25.7 Å². The topological polar surface area (TPSA) is 39.1 Å². The first kappa shape index (κ1) is 14.1. The van der Waals surface area contributed by atoms with Crippen LogP contribution in [0.15, 0.2) is 30.5 Å². The Morgan fingerprint density at radius 1 is 1.33 bits per heavy atom. The van der Waals surface area contributed by atoms with Gasteiger partial charge in [-0.1, -0.05) is 25.0 Å². The van der Waals surface area contributed by atoms with Gasteiger partial charge in [0, 0.05) is 25.0 Å². The second-order valence-corrected chi connectivity index (χ2v) is 5.81. The molecular formula is C17H23N3O. The summed E-state index contributed by atoms with van der Waals surface area (Å²) in [6.45, 7) is 2.68. The highest BCUT2D eigenvalue weighted by molar-refractivity contribution is 5.55. The van der Waals surface area contributed by atoms with E-state index in [1.54, 1.807) is 7.11 Å². The molecule has 1 fully saturated rings. The van der Waals surface area contributed by atoms with Crippen molar-refractivity contribution in [2.24, 2.45) is 0 Å². The van der Waals surface area contributed by atoms with E-state index in [2.05, 4.69) is 46.2 Å². The Bertz CT molecular complexity index is 600. The van der Waals surface area contributed by atoms with Crippen LogP contribution < -0.4 is 5.32 Å². The largest absolute Gasteiger partial charge is 0.380 e. The first-order valence-electron chi connectivity index (χ1n) is 7.66. The van der Waals surface area contributed by atoms with Gasteiger partial charge in [-0.15, -0.1) is 0 Å². The average Bonchev–Trinajstić information content (AvgIpc) is 3.09. The second kappa shape index (κ2) is 6.31. The zero-order valence-corrected chi connectivity index (χ0v) is 12.8. The molecule has 0 saturated heterocycles. The van der Waals surface area contributed by atoms with E-state index < -0.39 is 0 Å². The van der Waals surface area contributed by atoms with Crippen LogP contribution in [0.3, 0.4) is 0 Å². The van der Waals surface area contributed by atoms with Crippen molar-refractivity contribution in [2.75, 3.05) is 12.4 Å². The number of imidazole rings is 1. The second-order valence-electron chi connectivity index (χ2n) is 5.81. The van der Waals surface area contributed by atoms with E-state index in [0.717, 1.165) is 22.9 Å². The van der Waals surface area contributed by atoms with Crippen molar-refractivity contribution in [3.63, 3.8) is 0 Å². The van der Waals surface area contributed by atoms with Gasteiger partial charge in [0.1, 0.15) is 0 Å². The average molecular weight is 285 g/mol. The van der Waals surface area contributed by atoms with Gasteiger partial charge in [-0.2, -0.15) is 0 Å². The van der Waals surface area contributed by atoms with E-state index in [0.29, 0.717) is 12.6 Å². The lowest BCUT2D eigenvalue weighted by atomic mass is 10.2. The summed E-state index contributed by atoms with van der Waals surface area (Å²) in [4.78, 5) is 4.65. The number of aryl methyl sites for hydroxylation is 1. The fourth-order valence-corrected chi connectivity index (χ4v) is 3.10. The third-order valence-electron chi connectivity index (χ3n) is 4.06. The lowest BCUT2D eigenvalue weighted by Gasteiger charge is -2.16. The van der Waals surface area contributed by atoms with Crippen molar-refractivity contribution >= 4 is 11.6 Å². The van der Waals surface area contributed by atoms with Crippen molar-refractivity contribution in [2.45, 2.75) is 45.3 Å². The number of nitrogens with one attached hydrogen (secondary N) is 1. The van der Waals surface area contributed by atoms with E-state index in [-0.39, 0.29) is 0 Å². The van der Waals surface area contributed by atoms with E-state index in [9.17, 15) is 0 Å². The number of aromatic nitrogens is 2. The molecule has 1 saturated carbocycles. The van der Waals surface area contributed by atoms with Crippen LogP contribution in [0.1, 0.15) is 43.0 Å². The predicted molar refractivity (Wildman–Crippen MR) is 84.9 cm³/mol. The maximum atomic E-state index is 5.19. The first-order chi connectivity index (χ1) is 10.3. The van der Waals surface area contributed by atoms with Gasteiger partial charge in [0.15, 0.2) is 0 Å². The maximum Gasteiger partial charge on any atom is 0.207 e. The van der Waals surface area contributed by atoms with E-state index >= 15 is 0 Å². The Hall–Kier alpha value is -1.81. The number of anilines is 2. The van der Waals surface area contributed by atoms with Gasteiger partial charge in [-0.3, -0.25) is 0 Å². The van der Waals surface area contributed by atoms with Crippen molar-refractivity contribution in [1.82, 2.24) is 9.55 Å². The van der Waals surface area contributed by atoms with Gasteiger partial charge in [0.2, 0.25) is 5.95 Å². The van der Waals surface area contributed by atoms with Gasteiger partial charge in [-0.25, -0.2) is 4.98 Å². The van der Waals surface area contributed by atoms with Crippen molar-refractivity contribution in [1.29, 1.82) is 0 Å². The molecule has 2 aromatic rings. The lowest BCUT2D eigenvalue weighted by Crippen LogP contribution is -2.08. The highest BCUT2D eigenvalue weighted by Crippen LogP contribution is 2.33. The number of hydrogen-bond acceptors (Lipinski definition) is 3. The third-order valence-corrected chi connectivity index (χ3v) is 4.06. The molecule has 112 valence electrons. The molecule has 0 unspecified atom stereocenters. The molecule has 0 amide bonds. The van der Waals surface area contributed by atoms with Crippen LogP contribution in [0.4, 0.5) is 11.6 Å². The number of nitrogens with zero attached hydrogens (tertiary/aromatic N) is 2. The van der Waals surface area contributed by atoms with E-state index in [4.69, 9.17) is 4.74 Å². The van der Waals surface area contributed by atoms with Crippen LogP contribution in [0.2, 0.25) is 0 Å². The van der Waals surface area contributed by atoms with Gasteiger partial charge < -0.3 is 14.6 Å². The van der Waals surface area contributed by atoms with Crippen LogP contribution in [0, 0.1) is 6.92 Å². The minimum absolute atomic E-state index is 0.593. The molecule has 0 spiro atoms. The van der Waals surface area contributed by atoms with Gasteiger partial charge >= 0.3 is 0 Å². The van der Waals surface area contributed by atoms with E-state index in [1.807, 2.05) is 6.07 Å². The zero-order valence-electron chi connectivity index (χ0n) is 12.8. The van der Waals surface area contributed by atoms with Crippen LogP contribution in [0.5, 0.6) is 0 Å². The molecule has 21 heavy (non-hydrogen) atoms. The zero-order chi connectivity index (χ0) is 14.7. The van der Waals surface area contributed by atoms with Crippen LogP contribution >= 0.6 is 0 Å². The number of rotatable bonds is 5.